The van der Waals surface area contributed by atoms with Crippen molar-refractivity contribution in [2.75, 3.05) is 26.2 Å². The van der Waals surface area contributed by atoms with Gasteiger partial charge in [-0.1, -0.05) is 24.1 Å². The summed E-state index contributed by atoms with van der Waals surface area (Å²) >= 11 is 0. The molecule has 0 saturated carbocycles. The van der Waals surface area contributed by atoms with Gasteiger partial charge in [0, 0.05) is 18.7 Å². The number of amides is 1. The van der Waals surface area contributed by atoms with Crippen molar-refractivity contribution in [2.24, 2.45) is 0 Å². The monoisotopic (exact) mass is 386 g/mol. The van der Waals surface area contributed by atoms with Gasteiger partial charge in [-0.25, -0.2) is 4.68 Å². The van der Waals surface area contributed by atoms with E-state index in [4.69, 9.17) is 0 Å². The molecule has 150 valence electrons. The molecule has 0 aliphatic carbocycles. The quantitative estimate of drug-likeness (QED) is 0.445. The number of hydrogen-bond donors (Lipinski definition) is 1. The van der Waals surface area contributed by atoms with Crippen molar-refractivity contribution < 1.29 is 9.72 Å². The molecular weight excluding hydrogens is 360 g/mol. The minimum absolute atomic E-state index is 0.0353. The Balaban J connectivity index is 1.56. The number of hydrogen-bond acceptors (Lipinski definition) is 6. The van der Waals surface area contributed by atoms with Crippen LogP contribution in [0.2, 0.25) is 0 Å². The Morgan fingerprint density at radius 2 is 2.00 bits per heavy atom. The molecular formula is C19H26N6O3. The molecule has 0 bridgehead atoms. The standard InChI is InChI=1S/C19H26N6O3/c1-15-18(19(26)20-10-7-13-23-11-4-2-3-5-12-23)21-22-24(15)16-8-6-9-17(14-16)25(27)28/h6,8-9,14H,2-5,7,10-13H2,1H3,(H,20,26). The third-order valence-corrected chi connectivity index (χ3v) is 5.03. The lowest BCUT2D eigenvalue weighted by molar-refractivity contribution is -0.384. The number of aromatic nitrogens is 3. The van der Waals surface area contributed by atoms with Crippen molar-refractivity contribution in [1.29, 1.82) is 0 Å². The second-order valence-electron chi connectivity index (χ2n) is 7.08. The van der Waals surface area contributed by atoms with Gasteiger partial charge >= 0.3 is 0 Å². The van der Waals surface area contributed by atoms with E-state index in [9.17, 15) is 14.9 Å². The molecule has 1 fully saturated rings. The predicted octanol–water partition coefficient (Wildman–Crippen LogP) is 2.48. The molecule has 1 N–H and O–H groups in total. The van der Waals surface area contributed by atoms with Crippen LogP contribution in [0.25, 0.3) is 5.69 Å². The van der Waals surface area contributed by atoms with Crippen LogP contribution >= 0.6 is 0 Å². The summed E-state index contributed by atoms with van der Waals surface area (Å²) in [5.74, 6) is -0.273. The molecule has 2 heterocycles. The molecule has 0 atom stereocenters. The Morgan fingerprint density at radius 1 is 1.25 bits per heavy atom. The van der Waals surface area contributed by atoms with Gasteiger partial charge in [0.05, 0.1) is 16.3 Å². The van der Waals surface area contributed by atoms with Crippen molar-refractivity contribution in [1.82, 2.24) is 25.2 Å². The molecule has 1 saturated heterocycles. The lowest BCUT2D eigenvalue weighted by Gasteiger charge is -2.19. The van der Waals surface area contributed by atoms with Gasteiger partial charge in [0.25, 0.3) is 11.6 Å². The van der Waals surface area contributed by atoms with Gasteiger partial charge in [-0.05, 0) is 51.9 Å². The molecule has 0 radical (unpaired) electrons. The van der Waals surface area contributed by atoms with Gasteiger partial charge < -0.3 is 10.2 Å². The molecule has 3 rings (SSSR count). The smallest absolute Gasteiger partial charge is 0.273 e. The summed E-state index contributed by atoms with van der Waals surface area (Å²) in [5.41, 5.74) is 1.25. The van der Waals surface area contributed by atoms with Crippen LogP contribution in [0.4, 0.5) is 5.69 Å². The first kappa shape index (κ1) is 19.9. The van der Waals surface area contributed by atoms with E-state index in [2.05, 4.69) is 20.5 Å². The molecule has 1 aliphatic heterocycles. The van der Waals surface area contributed by atoms with Crippen molar-refractivity contribution in [3.8, 4) is 5.69 Å². The normalized spacial score (nSPS) is 15.2. The number of nitrogens with zero attached hydrogens (tertiary/aromatic N) is 5. The number of non-ortho nitro benzene ring substituents is 1. The molecule has 2 aromatic rings. The maximum atomic E-state index is 12.4. The third-order valence-electron chi connectivity index (χ3n) is 5.03. The fourth-order valence-electron chi connectivity index (χ4n) is 3.47. The van der Waals surface area contributed by atoms with E-state index in [1.807, 2.05) is 0 Å². The van der Waals surface area contributed by atoms with Gasteiger partial charge in [-0.2, -0.15) is 0 Å². The van der Waals surface area contributed by atoms with Crippen molar-refractivity contribution in [3.05, 3.63) is 45.8 Å². The number of benzene rings is 1. The Morgan fingerprint density at radius 3 is 2.71 bits per heavy atom. The highest BCUT2D eigenvalue weighted by Gasteiger charge is 2.18. The molecule has 1 aromatic carbocycles. The van der Waals surface area contributed by atoms with Crippen molar-refractivity contribution >= 4 is 11.6 Å². The van der Waals surface area contributed by atoms with Crippen molar-refractivity contribution in [2.45, 2.75) is 39.0 Å². The molecule has 28 heavy (non-hydrogen) atoms. The largest absolute Gasteiger partial charge is 0.351 e. The van der Waals surface area contributed by atoms with Crippen LogP contribution in [0.1, 0.15) is 48.3 Å². The summed E-state index contributed by atoms with van der Waals surface area (Å²) in [5, 5.41) is 21.8. The highest BCUT2D eigenvalue weighted by molar-refractivity contribution is 5.93. The van der Waals surface area contributed by atoms with Crippen molar-refractivity contribution in [3.63, 3.8) is 0 Å². The molecule has 1 aromatic heterocycles. The number of nitro benzene ring substituents is 1. The topological polar surface area (TPSA) is 106 Å². The van der Waals surface area contributed by atoms with Gasteiger partial charge in [0.1, 0.15) is 0 Å². The van der Waals surface area contributed by atoms with E-state index in [1.54, 1.807) is 19.1 Å². The van der Waals surface area contributed by atoms with E-state index in [1.165, 1.54) is 42.5 Å². The summed E-state index contributed by atoms with van der Waals surface area (Å²) in [6, 6.07) is 6.09. The average Bonchev–Trinajstić information content (AvgIpc) is 2.90. The van der Waals surface area contributed by atoms with Crippen LogP contribution in [0, 0.1) is 17.0 Å². The Kier molecular flexibility index (Phi) is 6.70. The zero-order chi connectivity index (χ0) is 19.9. The van der Waals surface area contributed by atoms with Crippen LogP contribution in [0.5, 0.6) is 0 Å². The minimum Gasteiger partial charge on any atom is -0.351 e. The van der Waals surface area contributed by atoms with Crippen LogP contribution < -0.4 is 5.32 Å². The second-order valence-corrected chi connectivity index (χ2v) is 7.08. The summed E-state index contributed by atoms with van der Waals surface area (Å²) in [6.07, 6.45) is 6.03. The number of likely N-dealkylation sites (tertiary alicyclic amines) is 1. The minimum atomic E-state index is -0.465. The average molecular weight is 386 g/mol. The molecule has 0 spiro atoms. The zero-order valence-electron chi connectivity index (χ0n) is 16.1. The fraction of sp³-hybridized carbons (Fsp3) is 0.526. The fourth-order valence-corrected chi connectivity index (χ4v) is 3.47. The molecule has 1 aliphatic rings. The van der Waals surface area contributed by atoms with Crippen LogP contribution in [0.15, 0.2) is 24.3 Å². The predicted molar refractivity (Wildman–Crippen MR) is 105 cm³/mol. The van der Waals surface area contributed by atoms with Gasteiger partial charge in [0.2, 0.25) is 0 Å². The number of carbonyl (C=O) groups excluding carboxylic acids is 1. The highest BCUT2D eigenvalue weighted by Crippen LogP contribution is 2.18. The van der Waals surface area contributed by atoms with E-state index >= 15 is 0 Å². The molecule has 9 heteroatoms. The Labute approximate surface area is 163 Å². The highest BCUT2D eigenvalue weighted by atomic mass is 16.6. The molecule has 0 unspecified atom stereocenters. The number of nitro groups is 1. The van der Waals surface area contributed by atoms with Gasteiger partial charge in [0.15, 0.2) is 5.69 Å². The molecule has 1 amide bonds. The maximum Gasteiger partial charge on any atom is 0.273 e. The van der Waals surface area contributed by atoms with Crippen LogP contribution in [-0.4, -0.2) is 56.9 Å². The SMILES string of the molecule is Cc1c(C(=O)NCCCN2CCCCCC2)nnn1-c1cccc([N+](=O)[O-])c1. The number of carbonyl (C=O) groups is 1. The summed E-state index contributed by atoms with van der Waals surface area (Å²) in [4.78, 5) is 25.4. The lowest BCUT2D eigenvalue weighted by Crippen LogP contribution is -2.31. The first-order valence-corrected chi connectivity index (χ1v) is 9.74. The van der Waals surface area contributed by atoms with E-state index in [-0.39, 0.29) is 17.3 Å². The second kappa shape index (κ2) is 9.41. The third kappa shape index (κ3) is 4.92. The Hall–Kier alpha value is -2.81. The van der Waals surface area contributed by atoms with E-state index in [0.717, 1.165) is 26.1 Å². The van der Waals surface area contributed by atoms with Crippen LogP contribution in [-0.2, 0) is 0 Å². The van der Waals surface area contributed by atoms with E-state index in [0.29, 0.717) is 17.9 Å². The molecule has 9 nitrogen and oxygen atoms in total. The summed E-state index contributed by atoms with van der Waals surface area (Å²) in [7, 11) is 0. The van der Waals surface area contributed by atoms with E-state index < -0.39 is 4.92 Å². The zero-order valence-corrected chi connectivity index (χ0v) is 16.1. The summed E-state index contributed by atoms with van der Waals surface area (Å²) < 4.78 is 1.44. The van der Waals surface area contributed by atoms with Gasteiger partial charge in [-0.15, -0.1) is 5.10 Å². The maximum absolute atomic E-state index is 12.4. The van der Waals surface area contributed by atoms with Crippen LogP contribution in [0.3, 0.4) is 0 Å². The van der Waals surface area contributed by atoms with Gasteiger partial charge in [-0.3, -0.25) is 14.9 Å². The first-order valence-electron chi connectivity index (χ1n) is 9.74. The first-order chi connectivity index (χ1) is 13.6. The number of rotatable bonds is 7. The lowest BCUT2D eigenvalue weighted by atomic mass is 10.2. The Bertz CT molecular complexity index is 827. The summed E-state index contributed by atoms with van der Waals surface area (Å²) in [6.45, 7) is 5.58. The number of nitrogens with one attached hydrogen (secondary N) is 1.